The average molecular weight is 283 g/mol. The highest BCUT2D eigenvalue weighted by Gasteiger charge is 2.10. The summed E-state index contributed by atoms with van der Waals surface area (Å²) >= 11 is 6.02. The third-order valence-electron chi connectivity index (χ3n) is 3.34. The van der Waals surface area contributed by atoms with E-state index in [9.17, 15) is 0 Å². The maximum Gasteiger partial charge on any atom is 0.488 e. The number of hydrogen-bond donors (Lipinski definition) is 2. The van der Waals surface area contributed by atoms with Gasteiger partial charge in [-0.2, -0.15) is 0 Å². The normalized spacial score (nSPS) is 10.8. The van der Waals surface area contributed by atoms with Gasteiger partial charge < -0.3 is 10.0 Å². The van der Waals surface area contributed by atoms with Crippen molar-refractivity contribution in [2.24, 2.45) is 0 Å². The van der Waals surface area contributed by atoms with Crippen molar-refractivity contribution in [2.45, 2.75) is 0 Å². The van der Waals surface area contributed by atoms with Crippen molar-refractivity contribution < 1.29 is 10.0 Å². The molecule has 2 N–H and O–H groups in total. The van der Waals surface area contributed by atoms with Crippen LogP contribution in [0.5, 0.6) is 0 Å². The molecule has 0 amide bonds. The minimum atomic E-state index is -1.43. The Labute approximate surface area is 122 Å². The van der Waals surface area contributed by atoms with E-state index in [1.165, 1.54) is 0 Å². The second-order valence-corrected chi connectivity index (χ2v) is 5.14. The highest BCUT2D eigenvalue weighted by atomic mass is 35.5. The summed E-state index contributed by atoms with van der Waals surface area (Å²) in [6.45, 7) is 0. The van der Waals surface area contributed by atoms with Gasteiger partial charge in [0.05, 0.1) is 0 Å². The second kappa shape index (κ2) is 5.29. The summed E-state index contributed by atoms with van der Waals surface area (Å²) in [5.41, 5.74) is 2.58. The molecule has 0 atom stereocenters. The third kappa shape index (κ3) is 2.56. The van der Waals surface area contributed by atoms with Crippen LogP contribution in [0.3, 0.4) is 0 Å². The molecule has 98 valence electrons. The van der Waals surface area contributed by atoms with Gasteiger partial charge in [0.15, 0.2) is 0 Å². The van der Waals surface area contributed by atoms with Gasteiger partial charge in [-0.3, -0.25) is 0 Å². The molecule has 0 saturated carbocycles. The first-order valence-corrected chi connectivity index (χ1v) is 6.67. The number of hydrogen-bond acceptors (Lipinski definition) is 2. The van der Waals surface area contributed by atoms with E-state index >= 15 is 0 Å². The first-order chi connectivity index (χ1) is 9.63. The van der Waals surface area contributed by atoms with Crippen LogP contribution in [0.25, 0.3) is 21.9 Å². The Morgan fingerprint density at radius 3 is 2.05 bits per heavy atom. The SMILES string of the molecule is OB(O)c1ccc(-c2ccc3ccc(Cl)cc3c2)cc1. The van der Waals surface area contributed by atoms with E-state index in [0.29, 0.717) is 10.5 Å². The molecule has 3 rings (SSSR count). The molecule has 3 aromatic rings. The monoisotopic (exact) mass is 282 g/mol. The van der Waals surface area contributed by atoms with Gasteiger partial charge in [-0.25, -0.2) is 0 Å². The molecule has 0 fully saturated rings. The maximum absolute atomic E-state index is 9.10. The smallest absolute Gasteiger partial charge is 0.423 e. The predicted molar refractivity (Wildman–Crippen MR) is 84.2 cm³/mol. The van der Waals surface area contributed by atoms with Crippen LogP contribution >= 0.6 is 11.6 Å². The zero-order valence-electron chi connectivity index (χ0n) is 10.6. The van der Waals surface area contributed by atoms with Gasteiger partial charge in [0.2, 0.25) is 0 Å². The molecule has 0 bridgehead atoms. The summed E-state index contributed by atoms with van der Waals surface area (Å²) in [7, 11) is -1.43. The van der Waals surface area contributed by atoms with Gasteiger partial charge in [0.25, 0.3) is 0 Å². The van der Waals surface area contributed by atoms with E-state index in [-0.39, 0.29) is 0 Å². The van der Waals surface area contributed by atoms with Crippen molar-refractivity contribution in [3.63, 3.8) is 0 Å². The molecule has 0 aliphatic heterocycles. The zero-order chi connectivity index (χ0) is 14.1. The summed E-state index contributed by atoms with van der Waals surface area (Å²) in [6, 6.07) is 19.1. The molecule has 2 nitrogen and oxygen atoms in total. The predicted octanol–water partition coefficient (Wildman–Crippen LogP) is 2.84. The second-order valence-electron chi connectivity index (χ2n) is 4.70. The van der Waals surface area contributed by atoms with Crippen molar-refractivity contribution in [3.8, 4) is 11.1 Å². The molecule has 3 aromatic carbocycles. The number of halogens is 1. The van der Waals surface area contributed by atoms with Crippen molar-refractivity contribution in [2.75, 3.05) is 0 Å². The van der Waals surface area contributed by atoms with Gasteiger partial charge in [-0.1, -0.05) is 54.1 Å². The lowest BCUT2D eigenvalue weighted by molar-refractivity contribution is 0.426. The van der Waals surface area contributed by atoms with Crippen LogP contribution in [0.1, 0.15) is 0 Å². The maximum atomic E-state index is 9.10. The van der Waals surface area contributed by atoms with Crippen LogP contribution in [0.2, 0.25) is 5.02 Å². The van der Waals surface area contributed by atoms with Crippen molar-refractivity contribution in [3.05, 3.63) is 65.7 Å². The topological polar surface area (TPSA) is 40.5 Å². The lowest BCUT2D eigenvalue weighted by Gasteiger charge is -2.06. The van der Waals surface area contributed by atoms with Crippen molar-refractivity contribution >= 4 is 35.0 Å². The summed E-state index contributed by atoms with van der Waals surface area (Å²) < 4.78 is 0. The number of rotatable bonds is 2. The van der Waals surface area contributed by atoms with E-state index < -0.39 is 7.12 Å². The zero-order valence-corrected chi connectivity index (χ0v) is 11.4. The Balaban J connectivity index is 2.05. The molecule has 0 aliphatic carbocycles. The fourth-order valence-electron chi connectivity index (χ4n) is 2.24. The Kier molecular flexibility index (Phi) is 3.49. The van der Waals surface area contributed by atoms with E-state index in [1.54, 1.807) is 12.1 Å². The lowest BCUT2D eigenvalue weighted by Crippen LogP contribution is -2.29. The molecular formula is C16H12BClO2. The average Bonchev–Trinajstić information content (AvgIpc) is 2.46. The minimum Gasteiger partial charge on any atom is -0.423 e. The molecule has 0 unspecified atom stereocenters. The van der Waals surface area contributed by atoms with Crippen LogP contribution in [0.15, 0.2) is 60.7 Å². The fraction of sp³-hybridized carbons (Fsp3) is 0. The Morgan fingerprint density at radius 2 is 1.35 bits per heavy atom. The molecule has 0 spiro atoms. The van der Waals surface area contributed by atoms with Gasteiger partial charge in [0, 0.05) is 5.02 Å². The number of fused-ring (bicyclic) bond motifs is 1. The highest BCUT2D eigenvalue weighted by molar-refractivity contribution is 6.58. The highest BCUT2D eigenvalue weighted by Crippen LogP contribution is 2.26. The summed E-state index contributed by atoms with van der Waals surface area (Å²) in [6.07, 6.45) is 0. The van der Waals surface area contributed by atoms with Crippen LogP contribution in [-0.2, 0) is 0 Å². The first-order valence-electron chi connectivity index (χ1n) is 6.29. The van der Waals surface area contributed by atoms with E-state index in [2.05, 4.69) is 12.1 Å². The van der Waals surface area contributed by atoms with E-state index in [1.807, 2.05) is 36.4 Å². The summed E-state index contributed by atoms with van der Waals surface area (Å²) in [5, 5.41) is 21.1. The van der Waals surface area contributed by atoms with Crippen LogP contribution in [0, 0.1) is 0 Å². The Morgan fingerprint density at radius 1 is 0.700 bits per heavy atom. The van der Waals surface area contributed by atoms with Gasteiger partial charge in [-0.05, 0) is 45.6 Å². The lowest BCUT2D eigenvalue weighted by atomic mass is 9.80. The summed E-state index contributed by atoms with van der Waals surface area (Å²) in [4.78, 5) is 0. The number of benzene rings is 3. The van der Waals surface area contributed by atoms with Gasteiger partial charge >= 0.3 is 7.12 Å². The Hall–Kier alpha value is -1.81. The largest absolute Gasteiger partial charge is 0.488 e. The van der Waals surface area contributed by atoms with E-state index in [4.69, 9.17) is 21.6 Å². The summed E-state index contributed by atoms with van der Waals surface area (Å²) in [5.74, 6) is 0. The molecule has 4 heteroatoms. The van der Waals surface area contributed by atoms with Crippen LogP contribution in [-0.4, -0.2) is 17.2 Å². The van der Waals surface area contributed by atoms with Crippen LogP contribution in [0.4, 0.5) is 0 Å². The Bertz CT molecular complexity index is 754. The fourth-order valence-corrected chi connectivity index (χ4v) is 2.43. The van der Waals surface area contributed by atoms with Crippen LogP contribution < -0.4 is 5.46 Å². The molecule has 0 radical (unpaired) electrons. The standard InChI is InChI=1S/C16H12BClO2/c18-16-8-5-12-1-2-13(9-14(12)10-16)11-3-6-15(7-4-11)17(19)20/h1-10,19-20H. The van der Waals surface area contributed by atoms with Crippen molar-refractivity contribution in [1.82, 2.24) is 0 Å². The minimum absolute atomic E-state index is 0.484. The molecule has 20 heavy (non-hydrogen) atoms. The molecule has 0 heterocycles. The molecule has 0 aliphatic rings. The van der Waals surface area contributed by atoms with Crippen molar-refractivity contribution in [1.29, 1.82) is 0 Å². The van der Waals surface area contributed by atoms with E-state index in [0.717, 1.165) is 21.9 Å². The van der Waals surface area contributed by atoms with Gasteiger partial charge in [-0.15, -0.1) is 0 Å². The molecule has 0 aromatic heterocycles. The quantitative estimate of drug-likeness (QED) is 0.710. The van der Waals surface area contributed by atoms with Gasteiger partial charge in [0.1, 0.15) is 0 Å². The molecule has 0 saturated heterocycles. The first kappa shape index (κ1) is 13.2. The third-order valence-corrected chi connectivity index (χ3v) is 3.58. The molecular weight excluding hydrogens is 270 g/mol.